The third kappa shape index (κ3) is 3.22. The van der Waals surface area contributed by atoms with Gasteiger partial charge in [0, 0.05) is 35.5 Å². The third-order valence-corrected chi connectivity index (χ3v) is 6.64. The van der Waals surface area contributed by atoms with Crippen molar-refractivity contribution in [3.05, 3.63) is 28.3 Å². The zero-order valence-corrected chi connectivity index (χ0v) is 13.7. The maximum Gasteiger partial charge on any atom is 0.243 e. The number of nitrogens with zero attached hydrogens (tertiary/aromatic N) is 1. The van der Waals surface area contributed by atoms with Crippen LogP contribution in [0.2, 0.25) is 5.02 Å². The van der Waals surface area contributed by atoms with E-state index in [1.165, 1.54) is 10.4 Å². The number of sulfonamides is 1. The summed E-state index contributed by atoms with van der Waals surface area (Å²) in [5, 5.41) is 0.409. The molecular weight excluding hydrogens is 325 g/mol. The number of alkyl halides is 1. The smallest absolute Gasteiger partial charge is 0.207 e. The van der Waals surface area contributed by atoms with E-state index in [1.54, 1.807) is 24.8 Å². The summed E-state index contributed by atoms with van der Waals surface area (Å²) in [6.45, 7) is 2.88. The molecule has 1 aromatic carbocycles. The van der Waals surface area contributed by atoms with Gasteiger partial charge in [-0.3, -0.25) is 0 Å². The molecule has 0 atom stereocenters. The fraction of sp³-hybridized carbons (Fsp3) is 0.500. The van der Waals surface area contributed by atoms with Crippen molar-refractivity contribution in [2.45, 2.75) is 17.7 Å². The predicted octanol–water partition coefficient (Wildman–Crippen LogP) is 3.12. The molecule has 0 saturated carbocycles. The van der Waals surface area contributed by atoms with Crippen LogP contribution in [0.25, 0.3) is 0 Å². The first-order valence-corrected chi connectivity index (χ1v) is 9.40. The zero-order chi connectivity index (χ0) is 14.0. The number of halogens is 2. The summed E-state index contributed by atoms with van der Waals surface area (Å²) in [5.41, 5.74) is 1.46. The summed E-state index contributed by atoms with van der Waals surface area (Å²) in [6, 6.07) is 3.24. The van der Waals surface area contributed by atoms with Crippen LogP contribution in [0.3, 0.4) is 0 Å². The highest BCUT2D eigenvalue weighted by atomic mass is 35.5. The Morgan fingerprint density at radius 3 is 2.53 bits per heavy atom. The van der Waals surface area contributed by atoms with Gasteiger partial charge in [-0.05, 0) is 30.2 Å². The van der Waals surface area contributed by atoms with E-state index in [-0.39, 0.29) is 10.8 Å². The minimum atomic E-state index is -3.47. The molecule has 2 rings (SSSR count). The topological polar surface area (TPSA) is 37.4 Å². The summed E-state index contributed by atoms with van der Waals surface area (Å²) >= 11 is 13.6. The number of thioether (sulfide) groups is 1. The second-order valence-electron chi connectivity index (χ2n) is 4.34. The van der Waals surface area contributed by atoms with E-state index in [4.69, 9.17) is 23.2 Å². The van der Waals surface area contributed by atoms with Crippen molar-refractivity contribution in [3.63, 3.8) is 0 Å². The molecule has 0 amide bonds. The SMILES string of the molecule is Cc1c(CCl)cc(Cl)cc1S(=O)(=O)N1CCSCC1. The Bertz CT molecular complexity index is 569. The molecule has 1 aliphatic heterocycles. The van der Waals surface area contributed by atoms with E-state index in [1.807, 2.05) is 0 Å². The second-order valence-corrected chi connectivity index (χ2v) is 8.17. The maximum atomic E-state index is 12.6. The van der Waals surface area contributed by atoms with Crippen LogP contribution in [-0.4, -0.2) is 37.3 Å². The average molecular weight is 340 g/mol. The van der Waals surface area contributed by atoms with Gasteiger partial charge < -0.3 is 0 Å². The van der Waals surface area contributed by atoms with E-state index in [2.05, 4.69) is 0 Å². The summed E-state index contributed by atoms with van der Waals surface area (Å²) in [7, 11) is -3.47. The van der Waals surface area contributed by atoms with Crippen molar-refractivity contribution in [1.29, 1.82) is 0 Å². The lowest BCUT2D eigenvalue weighted by atomic mass is 10.1. The molecule has 19 heavy (non-hydrogen) atoms. The van der Waals surface area contributed by atoms with Crippen molar-refractivity contribution >= 4 is 45.0 Å². The lowest BCUT2D eigenvalue weighted by Gasteiger charge is -2.26. The van der Waals surface area contributed by atoms with Gasteiger partial charge in [-0.25, -0.2) is 8.42 Å². The molecule has 3 nitrogen and oxygen atoms in total. The molecule has 1 aliphatic rings. The lowest BCUT2D eigenvalue weighted by Crippen LogP contribution is -2.38. The van der Waals surface area contributed by atoms with E-state index < -0.39 is 10.0 Å². The van der Waals surface area contributed by atoms with Gasteiger partial charge in [0.15, 0.2) is 0 Å². The quantitative estimate of drug-likeness (QED) is 0.794. The fourth-order valence-electron chi connectivity index (χ4n) is 2.04. The summed E-state index contributed by atoms with van der Waals surface area (Å²) in [4.78, 5) is 0.280. The van der Waals surface area contributed by atoms with Crippen molar-refractivity contribution in [3.8, 4) is 0 Å². The molecule has 1 aromatic rings. The first-order chi connectivity index (χ1) is 8.96. The Kier molecular flexibility index (Phi) is 5.06. The Balaban J connectivity index is 2.47. The van der Waals surface area contributed by atoms with Crippen LogP contribution in [0.5, 0.6) is 0 Å². The van der Waals surface area contributed by atoms with Crippen LogP contribution in [0, 0.1) is 6.92 Å². The first-order valence-electron chi connectivity index (χ1n) is 5.89. The highest BCUT2D eigenvalue weighted by molar-refractivity contribution is 7.99. The first kappa shape index (κ1) is 15.4. The van der Waals surface area contributed by atoms with Crippen LogP contribution in [0.1, 0.15) is 11.1 Å². The van der Waals surface area contributed by atoms with Gasteiger partial charge in [-0.2, -0.15) is 16.1 Å². The molecule has 1 saturated heterocycles. The van der Waals surface area contributed by atoms with Crippen molar-refractivity contribution in [2.75, 3.05) is 24.6 Å². The van der Waals surface area contributed by atoms with Crippen LogP contribution in [-0.2, 0) is 15.9 Å². The van der Waals surface area contributed by atoms with Gasteiger partial charge >= 0.3 is 0 Å². The molecule has 0 aromatic heterocycles. The molecule has 106 valence electrons. The molecule has 0 N–H and O–H groups in total. The van der Waals surface area contributed by atoms with Crippen LogP contribution >= 0.6 is 35.0 Å². The molecular formula is C12H15Cl2NO2S2. The molecule has 0 radical (unpaired) electrons. The largest absolute Gasteiger partial charge is 0.243 e. The maximum absolute atomic E-state index is 12.6. The second kappa shape index (κ2) is 6.22. The normalized spacial score (nSPS) is 17.6. The lowest BCUT2D eigenvalue weighted by molar-refractivity contribution is 0.443. The highest BCUT2D eigenvalue weighted by Crippen LogP contribution is 2.29. The molecule has 1 heterocycles. The van der Waals surface area contributed by atoms with Gasteiger partial charge in [-0.15, -0.1) is 11.6 Å². The number of hydrogen-bond acceptors (Lipinski definition) is 3. The van der Waals surface area contributed by atoms with Crippen molar-refractivity contribution in [2.24, 2.45) is 0 Å². The van der Waals surface area contributed by atoms with Crippen LogP contribution in [0.4, 0.5) is 0 Å². The highest BCUT2D eigenvalue weighted by Gasteiger charge is 2.28. The Hall–Kier alpha value is 0.0600. The van der Waals surface area contributed by atoms with Gasteiger partial charge in [-0.1, -0.05) is 11.6 Å². The van der Waals surface area contributed by atoms with Gasteiger partial charge in [0.1, 0.15) is 0 Å². The molecule has 7 heteroatoms. The number of benzene rings is 1. The van der Waals surface area contributed by atoms with Crippen LogP contribution < -0.4 is 0 Å². The van der Waals surface area contributed by atoms with E-state index in [0.717, 1.165) is 17.1 Å². The predicted molar refractivity (Wildman–Crippen MR) is 81.8 cm³/mol. The molecule has 0 unspecified atom stereocenters. The number of hydrogen-bond donors (Lipinski definition) is 0. The Morgan fingerprint density at radius 2 is 1.95 bits per heavy atom. The van der Waals surface area contributed by atoms with Gasteiger partial charge in [0.05, 0.1) is 4.90 Å². The van der Waals surface area contributed by atoms with Crippen molar-refractivity contribution in [1.82, 2.24) is 4.31 Å². The standard InChI is InChI=1S/C12H15Cl2NO2S2/c1-9-10(8-13)6-11(14)7-12(9)19(16,17)15-2-4-18-5-3-15/h6-7H,2-5,8H2,1H3. The van der Waals surface area contributed by atoms with E-state index >= 15 is 0 Å². The third-order valence-electron chi connectivity index (χ3n) is 3.16. The summed E-state index contributed by atoms with van der Waals surface area (Å²) in [5.74, 6) is 1.92. The van der Waals surface area contributed by atoms with Crippen molar-refractivity contribution < 1.29 is 8.42 Å². The molecule has 0 bridgehead atoms. The molecule has 0 spiro atoms. The zero-order valence-electron chi connectivity index (χ0n) is 10.5. The number of rotatable bonds is 3. The Morgan fingerprint density at radius 1 is 1.32 bits per heavy atom. The van der Waals surface area contributed by atoms with Crippen LogP contribution in [0.15, 0.2) is 17.0 Å². The summed E-state index contributed by atoms with van der Waals surface area (Å²) < 4.78 is 26.8. The minimum absolute atomic E-state index is 0.255. The molecule has 0 aliphatic carbocycles. The fourth-order valence-corrected chi connectivity index (χ4v) is 5.49. The van der Waals surface area contributed by atoms with E-state index in [9.17, 15) is 8.42 Å². The van der Waals surface area contributed by atoms with E-state index in [0.29, 0.717) is 23.7 Å². The average Bonchev–Trinajstić information content (AvgIpc) is 2.41. The van der Waals surface area contributed by atoms with Gasteiger partial charge in [0.2, 0.25) is 10.0 Å². The summed E-state index contributed by atoms with van der Waals surface area (Å²) in [6.07, 6.45) is 0. The minimum Gasteiger partial charge on any atom is -0.207 e. The molecule has 1 fully saturated rings. The Labute approximate surface area is 128 Å². The monoisotopic (exact) mass is 339 g/mol. The van der Waals surface area contributed by atoms with Gasteiger partial charge in [0.25, 0.3) is 0 Å².